The number of alkyl halides is 2. The van der Waals surface area contributed by atoms with Crippen molar-refractivity contribution < 1.29 is 8.78 Å². The monoisotopic (exact) mass is 270 g/mol. The molecule has 2 aromatic heterocycles. The second-order valence-corrected chi connectivity index (χ2v) is 4.78. The molecule has 0 amide bonds. The molecular formula is C10H12F2N6O. The van der Waals surface area contributed by atoms with E-state index in [4.69, 9.17) is 5.73 Å². The lowest BCUT2D eigenvalue weighted by Crippen LogP contribution is -2.26. The van der Waals surface area contributed by atoms with E-state index in [-0.39, 0.29) is 30.3 Å². The molecule has 1 saturated carbocycles. The molecule has 1 atom stereocenters. The first-order valence-electron chi connectivity index (χ1n) is 5.95. The minimum atomic E-state index is -2.71. The molecule has 102 valence electrons. The molecule has 1 unspecified atom stereocenters. The Bertz CT molecular complexity index is 678. The standard InChI is InChI=1S/C10H12F2N6O/c11-10(12)3-1-2-5(4-10)6-15-16-7-8(19)14-9(13)17-18(6)7/h5H,1-4H2,(H3,13,14,17,19). The highest BCUT2D eigenvalue weighted by Crippen LogP contribution is 2.40. The van der Waals surface area contributed by atoms with E-state index in [2.05, 4.69) is 20.3 Å². The van der Waals surface area contributed by atoms with E-state index in [0.717, 1.165) is 0 Å². The van der Waals surface area contributed by atoms with Crippen LogP contribution in [0.1, 0.15) is 37.4 Å². The van der Waals surface area contributed by atoms with Crippen molar-refractivity contribution in [1.82, 2.24) is 24.8 Å². The van der Waals surface area contributed by atoms with Gasteiger partial charge in [-0.2, -0.15) is 4.52 Å². The van der Waals surface area contributed by atoms with Gasteiger partial charge in [0.2, 0.25) is 17.5 Å². The molecule has 0 saturated heterocycles. The molecular weight excluding hydrogens is 258 g/mol. The molecule has 2 heterocycles. The van der Waals surface area contributed by atoms with E-state index in [1.54, 1.807) is 0 Å². The zero-order valence-electron chi connectivity index (χ0n) is 9.94. The van der Waals surface area contributed by atoms with Crippen LogP contribution in [0.2, 0.25) is 0 Å². The molecule has 9 heteroatoms. The van der Waals surface area contributed by atoms with E-state index >= 15 is 0 Å². The van der Waals surface area contributed by atoms with Crippen molar-refractivity contribution in [1.29, 1.82) is 0 Å². The predicted octanol–water partition coefficient (Wildman–Crippen LogP) is 0.688. The van der Waals surface area contributed by atoms with Crippen molar-refractivity contribution >= 4 is 11.6 Å². The summed E-state index contributed by atoms with van der Waals surface area (Å²) < 4.78 is 28.0. The summed E-state index contributed by atoms with van der Waals surface area (Å²) in [5.41, 5.74) is 4.88. The first kappa shape index (κ1) is 12.0. The minimum absolute atomic E-state index is 0.0295. The first-order valence-corrected chi connectivity index (χ1v) is 5.95. The number of hydrogen-bond acceptors (Lipinski definition) is 5. The number of nitrogens with two attached hydrogens (primary N) is 1. The van der Waals surface area contributed by atoms with Gasteiger partial charge < -0.3 is 5.73 Å². The topological polar surface area (TPSA) is 102 Å². The zero-order valence-corrected chi connectivity index (χ0v) is 9.94. The molecule has 0 spiro atoms. The molecule has 0 aromatic carbocycles. The van der Waals surface area contributed by atoms with Gasteiger partial charge in [0.25, 0.3) is 5.56 Å². The van der Waals surface area contributed by atoms with Crippen LogP contribution in [0.4, 0.5) is 14.7 Å². The predicted molar refractivity (Wildman–Crippen MR) is 62.0 cm³/mol. The molecule has 1 aliphatic rings. The average molecular weight is 270 g/mol. The summed E-state index contributed by atoms with van der Waals surface area (Å²) in [5, 5.41) is 11.4. The van der Waals surface area contributed by atoms with Gasteiger partial charge in [-0.3, -0.25) is 9.78 Å². The van der Waals surface area contributed by atoms with Gasteiger partial charge in [0.15, 0.2) is 5.82 Å². The summed E-state index contributed by atoms with van der Waals surface area (Å²) in [6.45, 7) is 0. The Morgan fingerprint density at radius 1 is 1.42 bits per heavy atom. The maximum absolute atomic E-state index is 13.4. The third-order valence-electron chi connectivity index (χ3n) is 3.32. The molecule has 0 aliphatic heterocycles. The number of aromatic amines is 1. The number of fused-ring (bicyclic) bond motifs is 1. The van der Waals surface area contributed by atoms with Crippen LogP contribution in [0.25, 0.3) is 5.65 Å². The Kier molecular flexibility index (Phi) is 2.51. The Labute approximate surface area is 105 Å². The lowest BCUT2D eigenvalue weighted by atomic mass is 9.86. The lowest BCUT2D eigenvalue weighted by Gasteiger charge is -2.27. The quantitative estimate of drug-likeness (QED) is 0.793. The van der Waals surface area contributed by atoms with Crippen molar-refractivity contribution in [2.75, 3.05) is 5.73 Å². The minimum Gasteiger partial charge on any atom is -0.368 e. The summed E-state index contributed by atoms with van der Waals surface area (Å²) in [6, 6.07) is 0. The number of H-pyrrole nitrogens is 1. The van der Waals surface area contributed by atoms with Gasteiger partial charge in [-0.05, 0) is 12.8 Å². The van der Waals surface area contributed by atoms with Crippen molar-refractivity contribution in [3.63, 3.8) is 0 Å². The van der Waals surface area contributed by atoms with Gasteiger partial charge in [0.1, 0.15) is 0 Å². The number of aromatic nitrogens is 5. The van der Waals surface area contributed by atoms with Crippen LogP contribution in [-0.4, -0.2) is 30.7 Å². The Hall–Kier alpha value is -2.06. The number of nitrogens with zero attached hydrogens (tertiary/aromatic N) is 4. The van der Waals surface area contributed by atoms with E-state index in [9.17, 15) is 13.6 Å². The summed E-state index contributed by atoms with van der Waals surface area (Å²) in [7, 11) is 0. The SMILES string of the molecule is Nc1nn2c(C3CCCC(F)(F)C3)nnc2c(=O)[nH]1. The molecule has 1 aliphatic carbocycles. The van der Waals surface area contributed by atoms with E-state index in [0.29, 0.717) is 12.8 Å². The maximum Gasteiger partial charge on any atom is 0.297 e. The smallest absolute Gasteiger partial charge is 0.297 e. The third kappa shape index (κ3) is 2.04. The number of nitrogen functional groups attached to an aromatic ring is 1. The number of nitrogens with one attached hydrogen (secondary N) is 1. The van der Waals surface area contributed by atoms with Crippen molar-refractivity contribution in [2.24, 2.45) is 0 Å². The van der Waals surface area contributed by atoms with Gasteiger partial charge in [-0.25, -0.2) is 8.78 Å². The van der Waals surface area contributed by atoms with Crippen molar-refractivity contribution in [3.8, 4) is 0 Å². The fraction of sp³-hybridized carbons (Fsp3) is 0.600. The van der Waals surface area contributed by atoms with Crippen LogP contribution in [-0.2, 0) is 0 Å². The maximum atomic E-state index is 13.4. The van der Waals surface area contributed by atoms with Crippen LogP contribution >= 0.6 is 0 Å². The fourth-order valence-electron chi connectivity index (χ4n) is 2.48. The van der Waals surface area contributed by atoms with Crippen LogP contribution in [0, 0.1) is 0 Å². The van der Waals surface area contributed by atoms with Crippen molar-refractivity contribution in [3.05, 3.63) is 16.2 Å². The van der Waals surface area contributed by atoms with Gasteiger partial charge in [-0.15, -0.1) is 15.3 Å². The van der Waals surface area contributed by atoms with Crippen LogP contribution < -0.4 is 11.3 Å². The number of anilines is 1. The molecule has 3 rings (SSSR count). The lowest BCUT2D eigenvalue weighted by molar-refractivity contribution is -0.0419. The van der Waals surface area contributed by atoms with Gasteiger partial charge in [0.05, 0.1) is 0 Å². The normalized spacial score (nSPS) is 22.7. The largest absolute Gasteiger partial charge is 0.368 e. The van der Waals surface area contributed by atoms with Gasteiger partial charge in [0, 0.05) is 18.8 Å². The first-order chi connectivity index (χ1) is 8.96. The highest BCUT2D eigenvalue weighted by atomic mass is 19.3. The summed E-state index contributed by atoms with van der Waals surface area (Å²) >= 11 is 0. The van der Waals surface area contributed by atoms with E-state index in [1.807, 2.05) is 0 Å². The third-order valence-corrected chi connectivity index (χ3v) is 3.32. The summed E-state index contributed by atoms with van der Waals surface area (Å²) in [4.78, 5) is 13.9. The molecule has 3 N–H and O–H groups in total. The highest BCUT2D eigenvalue weighted by Gasteiger charge is 2.38. The summed E-state index contributed by atoms with van der Waals surface area (Å²) in [5.74, 6) is -3.00. The van der Waals surface area contributed by atoms with Gasteiger partial charge in [-0.1, -0.05) is 0 Å². The molecule has 2 aromatic rings. The molecule has 0 radical (unpaired) electrons. The van der Waals surface area contributed by atoms with Gasteiger partial charge >= 0.3 is 0 Å². The molecule has 1 fully saturated rings. The van der Waals surface area contributed by atoms with Crippen molar-refractivity contribution in [2.45, 2.75) is 37.5 Å². The summed E-state index contributed by atoms with van der Waals surface area (Å²) in [6.07, 6.45) is 0.564. The second-order valence-electron chi connectivity index (χ2n) is 4.78. The van der Waals surface area contributed by atoms with E-state index < -0.39 is 17.4 Å². The highest BCUT2D eigenvalue weighted by molar-refractivity contribution is 5.35. The number of rotatable bonds is 1. The Balaban J connectivity index is 2.08. The number of hydrogen-bond donors (Lipinski definition) is 2. The van der Waals surface area contributed by atoms with Crippen LogP contribution in [0.3, 0.4) is 0 Å². The molecule has 7 nitrogen and oxygen atoms in total. The molecule has 19 heavy (non-hydrogen) atoms. The Morgan fingerprint density at radius 2 is 2.21 bits per heavy atom. The fourth-order valence-corrected chi connectivity index (χ4v) is 2.48. The Morgan fingerprint density at radius 3 is 2.95 bits per heavy atom. The van der Waals surface area contributed by atoms with Crippen LogP contribution in [0.5, 0.6) is 0 Å². The second kappa shape index (κ2) is 3.97. The number of halogens is 2. The zero-order chi connectivity index (χ0) is 13.6. The van der Waals surface area contributed by atoms with E-state index in [1.165, 1.54) is 4.52 Å². The average Bonchev–Trinajstić information content (AvgIpc) is 2.71. The molecule has 0 bridgehead atoms. The van der Waals surface area contributed by atoms with Crippen LogP contribution in [0.15, 0.2) is 4.79 Å².